The van der Waals surface area contributed by atoms with Crippen molar-refractivity contribution in [3.63, 3.8) is 0 Å². The van der Waals surface area contributed by atoms with Crippen LogP contribution in [-0.2, 0) is 28.9 Å². The molecule has 0 bridgehead atoms. The highest BCUT2D eigenvalue weighted by Crippen LogP contribution is 2.31. The predicted octanol–water partition coefficient (Wildman–Crippen LogP) is 3.71. The number of carbonyl (C=O) groups is 1. The monoisotopic (exact) mass is 379 g/mol. The Bertz CT molecular complexity index is 1010. The first kappa shape index (κ1) is 18.4. The molecule has 0 aliphatic heterocycles. The number of aromatic nitrogens is 2. The highest BCUT2D eigenvalue weighted by molar-refractivity contribution is 5.79. The lowest BCUT2D eigenvalue weighted by atomic mass is 10.2. The highest BCUT2D eigenvalue weighted by Gasteiger charge is 2.38. The van der Waals surface area contributed by atoms with Crippen LogP contribution in [0.5, 0.6) is 0 Å². The van der Waals surface area contributed by atoms with Gasteiger partial charge in [0.2, 0.25) is 5.82 Å². The maximum absolute atomic E-state index is 13.2. The third kappa shape index (κ3) is 4.05. The number of hydrogen-bond donors (Lipinski definition) is 0. The molecule has 0 unspecified atom stereocenters. The van der Waals surface area contributed by atoms with Crippen molar-refractivity contribution < 1.29 is 27.6 Å². The summed E-state index contributed by atoms with van der Waals surface area (Å²) in [5.41, 5.74) is 0.432. The fourth-order valence-corrected chi connectivity index (χ4v) is 2.55. The number of ether oxygens (including phenoxy) is 1. The molecule has 0 aliphatic carbocycles. The smallest absolute Gasteiger partial charge is 0.449 e. The number of nitro benzene ring substituents is 1. The van der Waals surface area contributed by atoms with Crippen molar-refractivity contribution in [1.29, 1.82) is 0 Å². The SMILES string of the molecule is O=C(Cn1c(C(F)(F)F)nc2ccccc21)OCc1cccc([N+](=O)[O-])c1. The molecular formula is C17H12F3N3O4. The number of imidazole rings is 1. The molecule has 10 heteroatoms. The van der Waals surface area contributed by atoms with Gasteiger partial charge in [0.25, 0.3) is 5.69 Å². The third-order valence-electron chi connectivity index (χ3n) is 3.72. The van der Waals surface area contributed by atoms with E-state index in [1.165, 1.54) is 42.5 Å². The lowest BCUT2D eigenvalue weighted by Gasteiger charge is -2.11. The Balaban J connectivity index is 1.78. The Hall–Kier alpha value is -3.43. The van der Waals surface area contributed by atoms with Crippen molar-refractivity contribution in [2.45, 2.75) is 19.3 Å². The number of nitro groups is 1. The molecule has 0 atom stereocenters. The number of halogens is 3. The van der Waals surface area contributed by atoms with Crippen molar-refractivity contribution >= 4 is 22.7 Å². The fraction of sp³-hybridized carbons (Fsp3) is 0.176. The second-order valence-corrected chi connectivity index (χ2v) is 5.60. The van der Waals surface area contributed by atoms with E-state index in [9.17, 15) is 28.1 Å². The summed E-state index contributed by atoms with van der Waals surface area (Å²) in [7, 11) is 0. The van der Waals surface area contributed by atoms with Crippen LogP contribution in [0.15, 0.2) is 48.5 Å². The Morgan fingerprint density at radius 2 is 1.93 bits per heavy atom. The molecule has 0 fully saturated rings. The first-order valence-electron chi connectivity index (χ1n) is 7.67. The van der Waals surface area contributed by atoms with Crippen LogP contribution in [0.2, 0.25) is 0 Å². The molecule has 0 N–H and O–H groups in total. The van der Waals surface area contributed by atoms with Crippen LogP contribution < -0.4 is 0 Å². The van der Waals surface area contributed by atoms with E-state index in [1.807, 2.05) is 0 Å². The van der Waals surface area contributed by atoms with Gasteiger partial charge in [0, 0.05) is 12.1 Å². The molecule has 0 aliphatic rings. The second-order valence-electron chi connectivity index (χ2n) is 5.60. The van der Waals surface area contributed by atoms with Crippen LogP contribution in [0.1, 0.15) is 11.4 Å². The summed E-state index contributed by atoms with van der Waals surface area (Å²) < 4.78 is 45.3. The molecule has 140 valence electrons. The van der Waals surface area contributed by atoms with E-state index in [0.29, 0.717) is 5.56 Å². The maximum Gasteiger partial charge on any atom is 0.449 e. The predicted molar refractivity (Wildman–Crippen MR) is 87.6 cm³/mol. The molecule has 0 saturated carbocycles. The summed E-state index contributed by atoms with van der Waals surface area (Å²) in [6.45, 7) is -0.987. The minimum absolute atomic E-state index is 0.108. The average Bonchev–Trinajstić information content (AvgIpc) is 2.99. The van der Waals surface area contributed by atoms with Crippen LogP contribution in [0.4, 0.5) is 18.9 Å². The summed E-state index contributed by atoms with van der Waals surface area (Å²) in [5.74, 6) is -2.12. The quantitative estimate of drug-likeness (QED) is 0.383. The normalized spacial score (nSPS) is 11.5. The molecule has 3 aromatic rings. The Kier molecular flexibility index (Phi) is 4.80. The van der Waals surface area contributed by atoms with Gasteiger partial charge in [-0.25, -0.2) is 4.98 Å². The van der Waals surface area contributed by atoms with Crippen LogP contribution >= 0.6 is 0 Å². The zero-order chi connectivity index (χ0) is 19.6. The van der Waals surface area contributed by atoms with Crippen molar-refractivity contribution in [2.75, 3.05) is 0 Å². The van der Waals surface area contributed by atoms with E-state index < -0.39 is 29.4 Å². The summed E-state index contributed by atoms with van der Waals surface area (Å²) in [4.78, 5) is 25.7. The van der Waals surface area contributed by atoms with Gasteiger partial charge in [-0.1, -0.05) is 24.3 Å². The number of benzene rings is 2. The van der Waals surface area contributed by atoms with E-state index in [2.05, 4.69) is 4.98 Å². The first-order valence-corrected chi connectivity index (χ1v) is 7.67. The molecule has 27 heavy (non-hydrogen) atoms. The van der Waals surface area contributed by atoms with E-state index in [0.717, 1.165) is 4.57 Å². The molecule has 0 spiro atoms. The van der Waals surface area contributed by atoms with Gasteiger partial charge in [-0.2, -0.15) is 13.2 Å². The van der Waals surface area contributed by atoms with Crippen molar-refractivity contribution in [1.82, 2.24) is 9.55 Å². The summed E-state index contributed by atoms with van der Waals surface area (Å²) in [6, 6.07) is 11.3. The molecule has 7 nitrogen and oxygen atoms in total. The fourth-order valence-electron chi connectivity index (χ4n) is 2.55. The molecule has 2 aromatic carbocycles. The van der Waals surface area contributed by atoms with Gasteiger partial charge in [0.1, 0.15) is 13.2 Å². The van der Waals surface area contributed by atoms with Crippen LogP contribution in [0, 0.1) is 10.1 Å². The zero-order valence-electron chi connectivity index (χ0n) is 13.6. The number of esters is 1. The standard InChI is InChI=1S/C17H12F3N3O4/c18-17(19,20)16-21-13-6-1-2-7-14(13)22(16)9-15(24)27-10-11-4-3-5-12(8-11)23(25)26/h1-8H,9-10H2. The Morgan fingerprint density at radius 3 is 2.63 bits per heavy atom. The summed E-state index contributed by atoms with van der Waals surface area (Å²) in [6.07, 6.45) is -4.74. The van der Waals surface area contributed by atoms with Gasteiger partial charge in [-0.05, 0) is 17.7 Å². The van der Waals surface area contributed by atoms with Gasteiger partial charge in [0.15, 0.2) is 0 Å². The number of rotatable bonds is 5. The number of nitrogens with zero attached hydrogens (tertiary/aromatic N) is 3. The topological polar surface area (TPSA) is 87.3 Å². The van der Waals surface area contributed by atoms with E-state index in [1.54, 1.807) is 6.07 Å². The molecule has 0 radical (unpaired) electrons. The lowest BCUT2D eigenvalue weighted by molar-refractivity contribution is -0.384. The van der Waals surface area contributed by atoms with Crippen LogP contribution in [0.3, 0.4) is 0 Å². The minimum atomic E-state index is -4.74. The summed E-state index contributed by atoms with van der Waals surface area (Å²) >= 11 is 0. The molecule has 1 aromatic heterocycles. The average molecular weight is 379 g/mol. The number of para-hydroxylation sites is 2. The molecule has 0 saturated heterocycles. The van der Waals surface area contributed by atoms with E-state index >= 15 is 0 Å². The molecule has 1 heterocycles. The largest absolute Gasteiger partial charge is 0.459 e. The number of non-ortho nitro benzene ring substituents is 1. The molecule has 3 rings (SSSR count). The maximum atomic E-state index is 13.2. The van der Waals surface area contributed by atoms with Crippen molar-refractivity contribution in [3.05, 3.63) is 70.0 Å². The third-order valence-corrected chi connectivity index (χ3v) is 3.72. The Morgan fingerprint density at radius 1 is 1.19 bits per heavy atom. The van der Waals surface area contributed by atoms with Crippen LogP contribution in [-0.4, -0.2) is 20.4 Å². The number of carbonyl (C=O) groups excluding carboxylic acids is 1. The first-order chi connectivity index (χ1) is 12.8. The lowest BCUT2D eigenvalue weighted by Crippen LogP contribution is -2.20. The highest BCUT2D eigenvalue weighted by atomic mass is 19.4. The zero-order valence-corrected chi connectivity index (χ0v) is 13.6. The van der Waals surface area contributed by atoms with Crippen molar-refractivity contribution in [2.24, 2.45) is 0 Å². The van der Waals surface area contributed by atoms with Gasteiger partial charge in [0.05, 0.1) is 16.0 Å². The van der Waals surface area contributed by atoms with Gasteiger partial charge in [-0.15, -0.1) is 0 Å². The second kappa shape index (κ2) is 7.06. The number of alkyl halides is 3. The molecular weight excluding hydrogens is 367 g/mol. The summed E-state index contributed by atoms with van der Waals surface area (Å²) in [5, 5.41) is 10.7. The minimum Gasteiger partial charge on any atom is -0.459 e. The Labute approximate surface area is 150 Å². The van der Waals surface area contributed by atoms with Crippen molar-refractivity contribution in [3.8, 4) is 0 Å². The molecule has 0 amide bonds. The van der Waals surface area contributed by atoms with Gasteiger partial charge >= 0.3 is 12.1 Å². The van der Waals surface area contributed by atoms with E-state index in [4.69, 9.17) is 4.74 Å². The van der Waals surface area contributed by atoms with Gasteiger partial charge < -0.3 is 9.30 Å². The van der Waals surface area contributed by atoms with Crippen LogP contribution in [0.25, 0.3) is 11.0 Å². The van der Waals surface area contributed by atoms with Gasteiger partial charge in [-0.3, -0.25) is 14.9 Å². The number of hydrogen-bond acceptors (Lipinski definition) is 5. The van der Waals surface area contributed by atoms with E-state index in [-0.39, 0.29) is 23.3 Å². The number of fused-ring (bicyclic) bond motifs is 1.